The van der Waals surface area contributed by atoms with Crippen molar-refractivity contribution in [2.45, 2.75) is 26.3 Å². The molecule has 0 aliphatic carbocycles. The van der Waals surface area contributed by atoms with Crippen LogP contribution in [0.25, 0.3) is 11.5 Å². The SMILES string of the molecule is CCOc1cccc(-c2nc(CC(C)NC)no2)c1. The highest BCUT2D eigenvalue weighted by Crippen LogP contribution is 2.22. The third-order valence-corrected chi connectivity index (χ3v) is 2.84. The van der Waals surface area contributed by atoms with Gasteiger partial charge in [0.05, 0.1) is 6.61 Å². The predicted octanol–water partition coefficient (Wildman–Crippen LogP) is 2.29. The van der Waals surface area contributed by atoms with Crippen molar-refractivity contribution >= 4 is 0 Å². The zero-order valence-electron chi connectivity index (χ0n) is 11.5. The number of hydrogen-bond donors (Lipinski definition) is 1. The van der Waals surface area contributed by atoms with Crippen molar-refractivity contribution in [2.75, 3.05) is 13.7 Å². The van der Waals surface area contributed by atoms with Crippen molar-refractivity contribution in [3.63, 3.8) is 0 Å². The van der Waals surface area contributed by atoms with Gasteiger partial charge in [0.15, 0.2) is 5.82 Å². The van der Waals surface area contributed by atoms with Crippen LogP contribution in [0.2, 0.25) is 0 Å². The largest absolute Gasteiger partial charge is 0.494 e. The topological polar surface area (TPSA) is 60.2 Å². The monoisotopic (exact) mass is 261 g/mol. The molecule has 0 amide bonds. The molecule has 0 aliphatic rings. The molecule has 1 atom stereocenters. The first-order valence-electron chi connectivity index (χ1n) is 6.46. The van der Waals surface area contributed by atoms with E-state index in [-0.39, 0.29) is 0 Å². The van der Waals surface area contributed by atoms with E-state index in [9.17, 15) is 0 Å². The van der Waals surface area contributed by atoms with Gasteiger partial charge in [0, 0.05) is 18.0 Å². The Morgan fingerprint density at radius 1 is 1.42 bits per heavy atom. The fourth-order valence-corrected chi connectivity index (χ4v) is 1.72. The van der Waals surface area contributed by atoms with Crippen LogP contribution >= 0.6 is 0 Å². The molecule has 19 heavy (non-hydrogen) atoms. The second-order valence-corrected chi connectivity index (χ2v) is 4.37. The standard InChI is InChI=1S/C14H19N3O2/c1-4-18-12-7-5-6-11(9-12)14-16-13(17-19-14)8-10(2)15-3/h5-7,9-10,15H,4,8H2,1-3H3. The number of nitrogens with zero attached hydrogens (tertiary/aromatic N) is 2. The lowest BCUT2D eigenvalue weighted by atomic mass is 10.2. The summed E-state index contributed by atoms with van der Waals surface area (Å²) in [7, 11) is 1.91. The zero-order chi connectivity index (χ0) is 13.7. The lowest BCUT2D eigenvalue weighted by Crippen LogP contribution is -2.24. The molecule has 0 bridgehead atoms. The first-order chi connectivity index (χ1) is 9.22. The summed E-state index contributed by atoms with van der Waals surface area (Å²) in [5, 5.41) is 7.14. The molecule has 1 aromatic carbocycles. The molecule has 2 rings (SSSR count). The smallest absolute Gasteiger partial charge is 0.258 e. The summed E-state index contributed by atoms with van der Waals surface area (Å²) in [6.45, 7) is 4.67. The Labute approximate surface area is 113 Å². The molecule has 5 nitrogen and oxygen atoms in total. The van der Waals surface area contributed by atoms with Gasteiger partial charge in [0.25, 0.3) is 5.89 Å². The second-order valence-electron chi connectivity index (χ2n) is 4.37. The third kappa shape index (κ3) is 3.54. The van der Waals surface area contributed by atoms with E-state index in [2.05, 4.69) is 22.4 Å². The van der Waals surface area contributed by atoms with Gasteiger partial charge < -0.3 is 14.6 Å². The normalized spacial score (nSPS) is 12.4. The lowest BCUT2D eigenvalue weighted by molar-refractivity contribution is 0.340. The van der Waals surface area contributed by atoms with Crippen LogP contribution in [0.15, 0.2) is 28.8 Å². The average Bonchev–Trinajstić information content (AvgIpc) is 2.88. The van der Waals surface area contributed by atoms with Crippen molar-refractivity contribution in [2.24, 2.45) is 0 Å². The maximum Gasteiger partial charge on any atom is 0.258 e. The number of likely N-dealkylation sites (N-methyl/N-ethyl adjacent to an activating group) is 1. The minimum atomic E-state index is 0.320. The van der Waals surface area contributed by atoms with E-state index in [0.29, 0.717) is 24.4 Å². The third-order valence-electron chi connectivity index (χ3n) is 2.84. The highest BCUT2D eigenvalue weighted by molar-refractivity contribution is 5.55. The molecule has 1 aromatic heterocycles. The van der Waals surface area contributed by atoms with Crippen LogP contribution in [0.1, 0.15) is 19.7 Å². The van der Waals surface area contributed by atoms with Crippen LogP contribution in [0.3, 0.4) is 0 Å². The first-order valence-corrected chi connectivity index (χ1v) is 6.46. The molecule has 0 saturated carbocycles. The van der Waals surface area contributed by atoms with Crippen LogP contribution < -0.4 is 10.1 Å². The highest BCUT2D eigenvalue weighted by atomic mass is 16.5. The Morgan fingerprint density at radius 3 is 3.00 bits per heavy atom. The van der Waals surface area contributed by atoms with Crippen LogP contribution in [-0.4, -0.2) is 29.8 Å². The number of nitrogens with one attached hydrogen (secondary N) is 1. The number of hydrogen-bond acceptors (Lipinski definition) is 5. The molecular weight excluding hydrogens is 242 g/mol. The second kappa shape index (κ2) is 6.33. The molecule has 1 N–H and O–H groups in total. The highest BCUT2D eigenvalue weighted by Gasteiger charge is 2.11. The van der Waals surface area contributed by atoms with Gasteiger partial charge in [-0.15, -0.1) is 0 Å². The van der Waals surface area contributed by atoms with Crippen molar-refractivity contribution in [1.82, 2.24) is 15.5 Å². The first kappa shape index (κ1) is 13.5. The van der Waals surface area contributed by atoms with Crippen LogP contribution in [0.4, 0.5) is 0 Å². The lowest BCUT2D eigenvalue weighted by Gasteiger charge is -2.04. The number of rotatable bonds is 6. The number of benzene rings is 1. The summed E-state index contributed by atoms with van der Waals surface area (Å²) in [4.78, 5) is 4.40. The molecule has 1 heterocycles. The van der Waals surface area contributed by atoms with Crippen LogP contribution in [0.5, 0.6) is 5.75 Å². The maximum atomic E-state index is 5.46. The van der Waals surface area contributed by atoms with E-state index in [0.717, 1.165) is 17.7 Å². The Balaban J connectivity index is 2.15. The van der Waals surface area contributed by atoms with Gasteiger partial charge in [0.2, 0.25) is 0 Å². The summed E-state index contributed by atoms with van der Waals surface area (Å²) in [5.74, 6) is 2.04. The average molecular weight is 261 g/mol. The maximum absolute atomic E-state index is 5.46. The molecule has 0 spiro atoms. The van der Waals surface area contributed by atoms with Gasteiger partial charge in [-0.05, 0) is 39.1 Å². The van der Waals surface area contributed by atoms with Gasteiger partial charge in [-0.1, -0.05) is 11.2 Å². The van der Waals surface area contributed by atoms with E-state index in [1.54, 1.807) is 0 Å². The predicted molar refractivity (Wildman–Crippen MR) is 73.1 cm³/mol. The molecule has 0 aliphatic heterocycles. The minimum Gasteiger partial charge on any atom is -0.494 e. The number of ether oxygens (including phenoxy) is 1. The van der Waals surface area contributed by atoms with Gasteiger partial charge >= 0.3 is 0 Å². The molecule has 102 valence electrons. The van der Waals surface area contributed by atoms with E-state index >= 15 is 0 Å². The van der Waals surface area contributed by atoms with E-state index in [4.69, 9.17) is 9.26 Å². The zero-order valence-corrected chi connectivity index (χ0v) is 11.5. The van der Waals surface area contributed by atoms with Crippen LogP contribution in [0, 0.1) is 0 Å². The molecule has 1 unspecified atom stereocenters. The Kier molecular flexibility index (Phi) is 4.52. The molecule has 5 heteroatoms. The van der Waals surface area contributed by atoms with Crippen LogP contribution in [-0.2, 0) is 6.42 Å². The van der Waals surface area contributed by atoms with Gasteiger partial charge in [0.1, 0.15) is 5.75 Å². The van der Waals surface area contributed by atoms with Gasteiger partial charge in [-0.3, -0.25) is 0 Å². The Morgan fingerprint density at radius 2 is 2.26 bits per heavy atom. The fraction of sp³-hybridized carbons (Fsp3) is 0.429. The molecule has 0 saturated heterocycles. The van der Waals surface area contributed by atoms with Crippen molar-refractivity contribution in [3.8, 4) is 17.2 Å². The van der Waals surface area contributed by atoms with Crippen molar-refractivity contribution < 1.29 is 9.26 Å². The molecule has 0 radical (unpaired) electrons. The Hall–Kier alpha value is -1.88. The van der Waals surface area contributed by atoms with E-state index in [1.807, 2.05) is 38.2 Å². The quantitative estimate of drug-likeness (QED) is 0.864. The molecular formula is C14H19N3O2. The van der Waals surface area contributed by atoms with E-state index in [1.165, 1.54) is 0 Å². The summed E-state index contributed by atoms with van der Waals surface area (Å²) < 4.78 is 10.7. The minimum absolute atomic E-state index is 0.320. The summed E-state index contributed by atoms with van der Waals surface area (Å²) in [6, 6.07) is 7.98. The summed E-state index contributed by atoms with van der Waals surface area (Å²) in [5.41, 5.74) is 0.877. The van der Waals surface area contributed by atoms with Gasteiger partial charge in [-0.25, -0.2) is 0 Å². The Bertz CT molecular complexity index is 525. The van der Waals surface area contributed by atoms with Gasteiger partial charge in [-0.2, -0.15) is 4.98 Å². The summed E-state index contributed by atoms with van der Waals surface area (Å²) in [6.07, 6.45) is 0.741. The van der Waals surface area contributed by atoms with Crippen molar-refractivity contribution in [3.05, 3.63) is 30.1 Å². The summed E-state index contributed by atoms with van der Waals surface area (Å²) >= 11 is 0. The van der Waals surface area contributed by atoms with E-state index < -0.39 is 0 Å². The molecule has 2 aromatic rings. The van der Waals surface area contributed by atoms with Crippen molar-refractivity contribution in [1.29, 1.82) is 0 Å². The molecule has 0 fully saturated rings. The number of aromatic nitrogens is 2. The fourth-order valence-electron chi connectivity index (χ4n) is 1.72.